The van der Waals surface area contributed by atoms with Crippen molar-refractivity contribution >= 4 is 11.3 Å². The molecule has 0 saturated heterocycles. The Bertz CT molecular complexity index is 684. The summed E-state index contributed by atoms with van der Waals surface area (Å²) in [6, 6.07) is 20.9. The molecule has 100 valence electrons. The molecule has 0 atom stereocenters. The highest BCUT2D eigenvalue weighted by Crippen LogP contribution is 2.35. The van der Waals surface area contributed by atoms with Gasteiger partial charge in [-0.15, -0.1) is 11.3 Å². The van der Waals surface area contributed by atoms with E-state index in [4.69, 9.17) is 4.98 Å². The van der Waals surface area contributed by atoms with Crippen LogP contribution in [-0.2, 0) is 5.41 Å². The van der Waals surface area contributed by atoms with E-state index in [-0.39, 0.29) is 5.41 Å². The van der Waals surface area contributed by atoms with Gasteiger partial charge in [-0.2, -0.15) is 0 Å². The molecular weight excluding hydrogens is 262 g/mol. The average molecular weight is 279 g/mol. The molecule has 0 fully saturated rings. The van der Waals surface area contributed by atoms with E-state index in [9.17, 15) is 0 Å². The lowest BCUT2D eigenvalue weighted by Gasteiger charge is -2.22. The molecule has 0 aliphatic carbocycles. The van der Waals surface area contributed by atoms with Crippen LogP contribution in [0.5, 0.6) is 0 Å². The number of thiazole rings is 1. The standard InChI is InChI=1S/C18H17NS/c1-18(2,15-11-7-4-8-12-15)17-19-16(13-20-17)14-9-5-3-6-10-14/h3-13H,1-2H3. The molecule has 1 aromatic heterocycles. The van der Waals surface area contributed by atoms with Gasteiger partial charge in [0.2, 0.25) is 0 Å². The van der Waals surface area contributed by atoms with Gasteiger partial charge >= 0.3 is 0 Å². The number of hydrogen-bond donors (Lipinski definition) is 0. The van der Waals surface area contributed by atoms with Crippen LogP contribution in [0.4, 0.5) is 0 Å². The topological polar surface area (TPSA) is 12.9 Å². The van der Waals surface area contributed by atoms with E-state index >= 15 is 0 Å². The third-order valence-electron chi connectivity index (χ3n) is 3.60. The van der Waals surface area contributed by atoms with Crippen molar-refractivity contribution in [2.24, 2.45) is 0 Å². The van der Waals surface area contributed by atoms with Gasteiger partial charge in [0, 0.05) is 16.4 Å². The van der Waals surface area contributed by atoms with E-state index in [1.165, 1.54) is 11.1 Å². The fourth-order valence-electron chi connectivity index (χ4n) is 2.28. The van der Waals surface area contributed by atoms with E-state index < -0.39 is 0 Å². The molecule has 1 heterocycles. The maximum atomic E-state index is 4.85. The number of hydrogen-bond acceptors (Lipinski definition) is 2. The van der Waals surface area contributed by atoms with Gasteiger partial charge in [-0.05, 0) is 19.4 Å². The minimum atomic E-state index is -0.0566. The minimum Gasteiger partial charge on any atom is -0.240 e. The molecule has 0 bridgehead atoms. The Morgan fingerprint density at radius 1 is 0.850 bits per heavy atom. The van der Waals surface area contributed by atoms with Crippen molar-refractivity contribution in [2.75, 3.05) is 0 Å². The highest BCUT2D eigenvalue weighted by Gasteiger charge is 2.26. The van der Waals surface area contributed by atoms with Crippen LogP contribution < -0.4 is 0 Å². The maximum absolute atomic E-state index is 4.85. The van der Waals surface area contributed by atoms with Crippen molar-refractivity contribution in [3.63, 3.8) is 0 Å². The van der Waals surface area contributed by atoms with Crippen LogP contribution in [0.1, 0.15) is 24.4 Å². The molecule has 0 unspecified atom stereocenters. The third kappa shape index (κ3) is 2.39. The van der Waals surface area contributed by atoms with Crippen molar-refractivity contribution in [1.29, 1.82) is 0 Å². The zero-order chi connectivity index (χ0) is 14.0. The number of benzene rings is 2. The van der Waals surface area contributed by atoms with E-state index in [0.717, 1.165) is 10.7 Å². The van der Waals surface area contributed by atoms with Gasteiger partial charge in [0.1, 0.15) is 5.01 Å². The highest BCUT2D eigenvalue weighted by atomic mass is 32.1. The Hall–Kier alpha value is -1.93. The van der Waals surface area contributed by atoms with Gasteiger partial charge < -0.3 is 0 Å². The molecule has 2 heteroatoms. The maximum Gasteiger partial charge on any atom is 0.103 e. The smallest absolute Gasteiger partial charge is 0.103 e. The van der Waals surface area contributed by atoms with Crippen molar-refractivity contribution < 1.29 is 0 Å². The summed E-state index contributed by atoms with van der Waals surface area (Å²) in [4.78, 5) is 4.85. The molecule has 0 aliphatic heterocycles. The summed E-state index contributed by atoms with van der Waals surface area (Å²) in [7, 11) is 0. The Balaban J connectivity index is 1.98. The first-order valence-electron chi connectivity index (χ1n) is 6.75. The number of aromatic nitrogens is 1. The van der Waals surface area contributed by atoms with E-state index in [0.29, 0.717) is 0 Å². The first-order valence-corrected chi connectivity index (χ1v) is 7.63. The lowest BCUT2D eigenvalue weighted by molar-refractivity contribution is 0.635. The Kier molecular flexibility index (Phi) is 3.41. The first kappa shape index (κ1) is 13.1. The summed E-state index contributed by atoms with van der Waals surface area (Å²) in [5.41, 5.74) is 3.49. The molecule has 0 spiro atoms. The van der Waals surface area contributed by atoms with Crippen LogP contribution in [0.2, 0.25) is 0 Å². The van der Waals surface area contributed by atoms with Crippen LogP contribution in [-0.4, -0.2) is 4.98 Å². The van der Waals surface area contributed by atoms with E-state index in [1.807, 2.05) is 6.07 Å². The highest BCUT2D eigenvalue weighted by molar-refractivity contribution is 7.10. The SMILES string of the molecule is CC(C)(c1ccccc1)c1nc(-c2ccccc2)cs1. The van der Waals surface area contributed by atoms with Crippen LogP contribution in [0, 0.1) is 0 Å². The molecule has 3 rings (SSSR count). The second-order valence-electron chi connectivity index (χ2n) is 5.39. The molecule has 0 N–H and O–H groups in total. The van der Waals surface area contributed by atoms with Crippen molar-refractivity contribution in [1.82, 2.24) is 4.98 Å². The van der Waals surface area contributed by atoms with Crippen molar-refractivity contribution in [3.05, 3.63) is 76.6 Å². The van der Waals surface area contributed by atoms with E-state index in [1.54, 1.807) is 11.3 Å². The summed E-state index contributed by atoms with van der Waals surface area (Å²) in [5.74, 6) is 0. The zero-order valence-corrected chi connectivity index (χ0v) is 12.5. The number of nitrogens with zero attached hydrogens (tertiary/aromatic N) is 1. The van der Waals surface area contributed by atoms with Gasteiger partial charge in [-0.3, -0.25) is 0 Å². The second kappa shape index (κ2) is 5.22. The molecule has 0 radical (unpaired) electrons. The summed E-state index contributed by atoms with van der Waals surface area (Å²) >= 11 is 1.74. The van der Waals surface area contributed by atoms with Crippen LogP contribution in [0.25, 0.3) is 11.3 Å². The zero-order valence-electron chi connectivity index (χ0n) is 11.7. The average Bonchev–Trinajstić information content (AvgIpc) is 3.00. The Morgan fingerprint density at radius 3 is 2.10 bits per heavy atom. The molecule has 0 saturated carbocycles. The normalized spacial score (nSPS) is 11.5. The lowest BCUT2D eigenvalue weighted by Crippen LogP contribution is -2.18. The predicted octanol–water partition coefficient (Wildman–Crippen LogP) is 5.14. The quantitative estimate of drug-likeness (QED) is 0.647. The van der Waals surface area contributed by atoms with Gasteiger partial charge in [0.15, 0.2) is 0 Å². The molecule has 0 amide bonds. The van der Waals surface area contributed by atoms with Gasteiger partial charge in [-0.1, -0.05) is 60.7 Å². The monoisotopic (exact) mass is 279 g/mol. The third-order valence-corrected chi connectivity index (χ3v) is 4.77. The molecule has 1 nitrogen and oxygen atoms in total. The minimum absolute atomic E-state index is 0.0566. The fraction of sp³-hybridized carbons (Fsp3) is 0.167. The Labute approximate surface area is 124 Å². The van der Waals surface area contributed by atoms with E-state index in [2.05, 4.69) is 73.8 Å². The summed E-state index contributed by atoms with van der Waals surface area (Å²) in [5, 5.41) is 3.30. The Morgan fingerprint density at radius 2 is 1.45 bits per heavy atom. The van der Waals surface area contributed by atoms with Gasteiger partial charge in [0.25, 0.3) is 0 Å². The summed E-state index contributed by atoms with van der Waals surface area (Å²) in [6.07, 6.45) is 0. The first-order chi connectivity index (χ1) is 9.68. The fourth-order valence-corrected chi connectivity index (χ4v) is 3.26. The molecular formula is C18H17NS. The predicted molar refractivity (Wildman–Crippen MR) is 86.1 cm³/mol. The van der Waals surface area contributed by atoms with Crippen LogP contribution in [0.3, 0.4) is 0 Å². The molecule has 3 aromatic rings. The van der Waals surface area contributed by atoms with Crippen molar-refractivity contribution in [2.45, 2.75) is 19.3 Å². The largest absolute Gasteiger partial charge is 0.240 e. The molecule has 2 aromatic carbocycles. The summed E-state index contributed by atoms with van der Waals surface area (Å²) < 4.78 is 0. The second-order valence-corrected chi connectivity index (χ2v) is 6.25. The van der Waals surface area contributed by atoms with Gasteiger partial charge in [-0.25, -0.2) is 4.98 Å². The van der Waals surface area contributed by atoms with Crippen LogP contribution >= 0.6 is 11.3 Å². The van der Waals surface area contributed by atoms with Crippen LogP contribution in [0.15, 0.2) is 66.0 Å². The van der Waals surface area contributed by atoms with Gasteiger partial charge in [0.05, 0.1) is 5.69 Å². The molecule has 0 aliphatic rings. The number of rotatable bonds is 3. The molecule has 20 heavy (non-hydrogen) atoms. The summed E-state index contributed by atoms with van der Waals surface area (Å²) in [6.45, 7) is 4.46. The van der Waals surface area contributed by atoms with Crippen molar-refractivity contribution in [3.8, 4) is 11.3 Å². The lowest BCUT2D eigenvalue weighted by atomic mass is 9.85.